The van der Waals surface area contributed by atoms with Gasteiger partial charge >= 0.3 is 12.4 Å². The fourth-order valence-electron chi connectivity index (χ4n) is 5.20. The van der Waals surface area contributed by atoms with Gasteiger partial charge in [-0.05, 0) is 43.4 Å². The van der Waals surface area contributed by atoms with Crippen molar-refractivity contribution in [2.45, 2.75) is 50.7 Å². The average Bonchev–Trinajstić information content (AvgIpc) is 2.94. The number of alkyl halides is 3. The van der Waals surface area contributed by atoms with Crippen LogP contribution in [0.1, 0.15) is 31.2 Å². The van der Waals surface area contributed by atoms with Gasteiger partial charge in [0.25, 0.3) is 0 Å². The molecule has 11 nitrogen and oxygen atoms in total. The summed E-state index contributed by atoms with van der Waals surface area (Å²) in [6.45, 7) is 5.64. The highest BCUT2D eigenvalue weighted by atomic mass is 19.4. The molecule has 2 saturated heterocycles. The largest absolute Gasteiger partial charge is 0.573 e. The number of halogens is 3. The zero-order chi connectivity index (χ0) is 28.7. The van der Waals surface area contributed by atoms with Crippen molar-refractivity contribution in [2.75, 3.05) is 62.8 Å². The highest BCUT2D eigenvalue weighted by Crippen LogP contribution is 2.29. The Morgan fingerprint density at radius 2 is 1.71 bits per heavy atom. The number of anilines is 2. The maximum absolute atomic E-state index is 12.9. The maximum Gasteiger partial charge on any atom is 0.573 e. The Kier molecular flexibility index (Phi) is 9.62. The van der Waals surface area contributed by atoms with Crippen LogP contribution in [0.3, 0.4) is 0 Å². The number of carbonyl (C=O) groups is 1. The van der Waals surface area contributed by atoms with Gasteiger partial charge in [-0.15, -0.1) is 13.2 Å². The normalized spacial score (nSPS) is 22.2. The smallest absolute Gasteiger partial charge is 0.474 e. The number of benzene rings is 1. The highest BCUT2D eigenvalue weighted by molar-refractivity contribution is 5.89. The van der Waals surface area contributed by atoms with Gasteiger partial charge in [0.15, 0.2) is 0 Å². The topological polar surface area (TPSA) is 110 Å². The molecule has 2 aromatic rings. The van der Waals surface area contributed by atoms with Crippen molar-refractivity contribution in [3.8, 4) is 11.6 Å². The van der Waals surface area contributed by atoms with Crippen LogP contribution in [-0.4, -0.2) is 92.0 Å². The van der Waals surface area contributed by atoms with E-state index in [2.05, 4.69) is 35.1 Å². The van der Waals surface area contributed by atoms with Crippen LogP contribution in [0.15, 0.2) is 30.5 Å². The molecule has 3 heterocycles. The van der Waals surface area contributed by atoms with Gasteiger partial charge in [-0.3, -0.25) is 4.90 Å². The molecule has 5 rings (SSSR count). The van der Waals surface area contributed by atoms with E-state index in [-0.39, 0.29) is 23.6 Å². The lowest BCUT2D eigenvalue weighted by Crippen LogP contribution is -2.41. The summed E-state index contributed by atoms with van der Waals surface area (Å²) >= 11 is 0. The Labute approximate surface area is 236 Å². The molecular weight excluding hydrogens is 545 g/mol. The van der Waals surface area contributed by atoms with Crippen molar-refractivity contribution < 1.29 is 36.9 Å². The zero-order valence-electron chi connectivity index (χ0n) is 22.7. The summed E-state index contributed by atoms with van der Waals surface area (Å²) < 4.78 is 59.8. The van der Waals surface area contributed by atoms with Gasteiger partial charge in [0.05, 0.1) is 26.4 Å². The molecule has 1 saturated carbocycles. The monoisotopic (exact) mass is 580 g/mol. The maximum atomic E-state index is 12.9. The molecule has 224 valence electrons. The molecule has 2 N–H and O–H groups in total. The van der Waals surface area contributed by atoms with Gasteiger partial charge in [0, 0.05) is 62.8 Å². The van der Waals surface area contributed by atoms with E-state index in [0.29, 0.717) is 76.3 Å². The molecule has 1 aromatic carbocycles. The Morgan fingerprint density at radius 1 is 1.00 bits per heavy atom. The summed E-state index contributed by atoms with van der Waals surface area (Å²) in [4.78, 5) is 25.8. The lowest BCUT2D eigenvalue weighted by molar-refractivity contribution is -0.274. The number of urea groups is 1. The predicted molar refractivity (Wildman–Crippen MR) is 143 cm³/mol. The van der Waals surface area contributed by atoms with Crippen molar-refractivity contribution in [2.24, 2.45) is 0 Å². The minimum Gasteiger partial charge on any atom is -0.474 e. The van der Waals surface area contributed by atoms with Crippen molar-refractivity contribution in [1.82, 2.24) is 20.2 Å². The molecule has 0 radical (unpaired) electrons. The number of hydrogen-bond donors (Lipinski definition) is 2. The van der Waals surface area contributed by atoms with Crippen LogP contribution < -0.4 is 25.0 Å². The fraction of sp³-hybridized carbons (Fsp3) is 0.593. The summed E-state index contributed by atoms with van der Waals surface area (Å²) in [6.07, 6.45) is -0.360. The molecule has 3 aliphatic rings. The van der Waals surface area contributed by atoms with Crippen molar-refractivity contribution in [3.63, 3.8) is 0 Å². The van der Waals surface area contributed by atoms with E-state index >= 15 is 0 Å². The van der Waals surface area contributed by atoms with Gasteiger partial charge in [-0.25, -0.2) is 9.78 Å². The van der Waals surface area contributed by atoms with Crippen LogP contribution in [0.5, 0.6) is 11.6 Å². The van der Waals surface area contributed by atoms with E-state index in [1.165, 1.54) is 12.1 Å². The van der Waals surface area contributed by atoms with E-state index in [1.54, 1.807) is 18.3 Å². The number of hydrogen-bond acceptors (Lipinski definition) is 9. The number of nitrogens with zero attached hydrogens (tertiary/aromatic N) is 4. The van der Waals surface area contributed by atoms with Crippen LogP contribution in [0.2, 0.25) is 0 Å². The molecule has 0 atom stereocenters. The predicted octanol–water partition coefficient (Wildman–Crippen LogP) is 3.56. The van der Waals surface area contributed by atoms with Crippen LogP contribution in [-0.2, 0) is 16.0 Å². The highest BCUT2D eigenvalue weighted by Gasteiger charge is 2.31. The molecular formula is C27H35F3N6O5. The summed E-state index contributed by atoms with van der Waals surface area (Å²) in [5, 5.41) is 5.61. The number of aromatic nitrogens is 2. The Balaban J connectivity index is 1.12. The van der Waals surface area contributed by atoms with E-state index in [0.717, 1.165) is 25.9 Å². The fourth-order valence-corrected chi connectivity index (χ4v) is 5.20. The van der Waals surface area contributed by atoms with Crippen LogP contribution in [0.25, 0.3) is 0 Å². The molecule has 0 spiro atoms. The van der Waals surface area contributed by atoms with E-state index < -0.39 is 12.4 Å². The second-order valence-electron chi connectivity index (χ2n) is 10.3. The number of nitrogens with one attached hydrogen (secondary N) is 2. The van der Waals surface area contributed by atoms with Crippen molar-refractivity contribution in [1.29, 1.82) is 0 Å². The van der Waals surface area contributed by atoms with E-state index in [9.17, 15) is 18.0 Å². The first-order valence-electron chi connectivity index (χ1n) is 13.9. The summed E-state index contributed by atoms with van der Waals surface area (Å²) in [7, 11) is 0. The Morgan fingerprint density at radius 3 is 2.41 bits per heavy atom. The van der Waals surface area contributed by atoms with E-state index in [1.807, 2.05) is 0 Å². The molecule has 2 aliphatic heterocycles. The Hall–Kier alpha value is -3.36. The van der Waals surface area contributed by atoms with E-state index in [4.69, 9.17) is 14.2 Å². The van der Waals surface area contributed by atoms with Crippen LogP contribution in [0.4, 0.5) is 29.6 Å². The quantitative estimate of drug-likeness (QED) is 0.484. The number of amides is 2. The van der Waals surface area contributed by atoms with Crippen molar-refractivity contribution in [3.05, 3.63) is 36.0 Å². The first-order chi connectivity index (χ1) is 19.8. The van der Waals surface area contributed by atoms with Gasteiger partial charge in [0.1, 0.15) is 11.9 Å². The molecule has 2 amide bonds. The second kappa shape index (κ2) is 13.5. The van der Waals surface area contributed by atoms with Gasteiger partial charge in [-0.2, -0.15) is 4.98 Å². The van der Waals surface area contributed by atoms with Gasteiger partial charge in [0.2, 0.25) is 11.8 Å². The number of rotatable bonds is 8. The molecule has 0 bridgehead atoms. The Bertz CT molecular complexity index is 1150. The van der Waals surface area contributed by atoms with Crippen LogP contribution in [0, 0.1) is 0 Å². The molecule has 3 fully saturated rings. The molecule has 41 heavy (non-hydrogen) atoms. The number of carbonyl (C=O) groups excluding carboxylic acids is 1. The third kappa shape index (κ3) is 9.07. The van der Waals surface area contributed by atoms with Gasteiger partial charge in [-0.1, -0.05) is 0 Å². The third-order valence-electron chi connectivity index (χ3n) is 7.18. The molecule has 14 heteroatoms. The lowest BCUT2D eigenvalue weighted by Gasteiger charge is -2.30. The van der Waals surface area contributed by atoms with Gasteiger partial charge < -0.3 is 34.5 Å². The number of morpholine rings is 2. The zero-order valence-corrected chi connectivity index (χ0v) is 22.7. The SMILES string of the molecule is O=C(Nc1cc(CN2CCOCC2)cc(OC(F)(F)F)c1)N[C@H]1CC[C@H](Oc2ccnc(N3CCOCC3)n2)CC1. The minimum atomic E-state index is -4.84. The number of ether oxygens (including phenoxy) is 4. The van der Waals surface area contributed by atoms with Crippen molar-refractivity contribution >= 4 is 17.7 Å². The summed E-state index contributed by atoms with van der Waals surface area (Å²) in [6, 6.07) is 5.35. The minimum absolute atomic E-state index is 0.0394. The van der Waals surface area contributed by atoms with Crippen LogP contribution >= 0.6 is 0 Å². The molecule has 1 aliphatic carbocycles. The first-order valence-corrected chi connectivity index (χ1v) is 13.9. The second-order valence-corrected chi connectivity index (χ2v) is 10.3. The average molecular weight is 581 g/mol. The molecule has 0 unspecified atom stereocenters. The standard InChI is InChI=1S/C27H35F3N6O5/c28-27(29,30)41-23-16-19(18-35-7-11-38-12-8-35)15-21(17-23)33-26(37)32-20-1-3-22(4-2-20)40-24-5-6-31-25(34-24)36-9-13-39-14-10-36/h5-6,15-17,20,22H,1-4,7-14,18H2,(H2,32,33,37)/t20-,22-. The summed E-state index contributed by atoms with van der Waals surface area (Å²) in [5.74, 6) is 0.762. The summed E-state index contributed by atoms with van der Waals surface area (Å²) in [5.41, 5.74) is 0.826. The first kappa shape index (κ1) is 29.1. The third-order valence-corrected chi connectivity index (χ3v) is 7.18. The molecule has 1 aromatic heterocycles. The lowest BCUT2D eigenvalue weighted by atomic mass is 9.93.